The van der Waals surface area contributed by atoms with Gasteiger partial charge in [0, 0.05) is 6.04 Å². The number of nitrogens with zero attached hydrogens (tertiary/aromatic N) is 2. The second-order valence-corrected chi connectivity index (χ2v) is 5.89. The van der Waals surface area contributed by atoms with Crippen molar-refractivity contribution in [2.24, 2.45) is 0 Å². The number of para-hydroxylation sites is 2. The van der Waals surface area contributed by atoms with Crippen LogP contribution in [0.3, 0.4) is 0 Å². The van der Waals surface area contributed by atoms with Crippen LogP contribution in [0, 0.1) is 0 Å². The Labute approximate surface area is 135 Å². The molecule has 1 aromatic carbocycles. The van der Waals surface area contributed by atoms with Crippen LogP contribution in [0.5, 0.6) is 0 Å². The summed E-state index contributed by atoms with van der Waals surface area (Å²) in [6.07, 6.45) is -1.13. The Bertz CT molecular complexity index is 823. The van der Waals surface area contributed by atoms with Crippen LogP contribution in [-0.2, 0) is 17.5 Å². The number of carbonyl (C=O) groups is 1. The highest BCUT2D eigenvalue weighted by Crippen LogP contribution is 2.26. The third-order valence-corrected chi connectivity index (χ3v) is 4.14. The van der Waals surface area contributed by atoms with Gasteiger partial charge in [-0.3, -0.25) is 14.2 Å². The van der Waals surface area contributed by atoms with E-state index in [1.807, 2.05) is 0 Å². The van der Waals surface area contributed by atoms with E-state index in [9.17, 15) is 22.8 Å². The van der Waals surface area contributed by atoms with Crippen molar-refractivity contribution in [1.82, 2.24) is 14.9 Å². The van der Waals surface area contributed by atoms with Crippen molar-refractivity contribution in [2.45, 2.75) is 44.4 Å². The average molecular weight is 339 g/mol. The molecule has 1 saturated carbocycles. The van der Waals surface area contributed by atoms with E-state index in [4.69, 9.17) is 0 Å². The number of hydrogen-bond donors (Lipinski definition) is 1. The van der Waals surface area contributed by atoms with Crippen molar-refractivity contribution in [3.05, 3.63) is 40.3 Å². The summed E-state index contributed by atoms with van der Waals surface area (Å²) in [5.41, 5.74) is -2.58. The van der Waals surface area contributed by atoms with E-state index in [1.54, 1.807) is 6.07 Å². The largest absolute Gasteiger partial charge is 0.438 e. The molecular formula is C16H16F3N3O2. The maximum Gasteiger partial charge on any atom is 0.438 e. The van der Waals surface area contributed by atoms with Crippen LogP contribution in [0.15, 0.2) is 29.1 Å². The molecule has 128 valence electrons. The minimum Gasteiger partial charge on any atom is -0.352 e. The van der Waals surface area contributed by atoms with Crippen LogP contribution in [0.4, 0.5) is 13.2 Å². The topological polar surface area (TPSA) is 64.0 Å². The number of fused-ring (bicyclic) bond motifs is 1. The molecular weight excluding hydrogens is 323 g/mol. The van der Waals surface area contributed by atoms with Crippen LogP contribution >= 0.6 is 0 Å². The third kappa shape index (κ3) is 3.27. The maximum atomic E-state index is 13.0. The van der Waals surface area contributed by atoms with Gasteiger partial charge in [0.15, 0.2) is 0 Å². The second kappa shape index (κ2) is 6.26. The molecule has 0 aliphatic heterocycles. The minimum absolute atomic E-state index is 0.0260. The van der Waals surface area contributed by atoms with E-state index >= 15 is 0 Å². The third-order valence-electron chi connectivity index (χ3n) is 4.14. The van der Waals surface area contributed by atoms with Crippen molar-refractivity contribution in [3.63, 3.8) is 0 Å². The van der Waals surface area contributed by atoms with E-state index in [1.165, 1.54) is 18.2 Å². The predicted octanol–water partition coefficient (Wildman–Crippen LogP) is 2.47. The number of halogens is 3. The molecule has 1 aliphatic carbocycles. The molecule has 0 saturated heterocycles. The molecule has 1 aliphatic rings. The van der Waals surface area contributed by atoms with Gasteiger partial charge in [0.25, 0.3) is 5.56 Å². The maximum absolute atomic E-state index is 13.0. The Morgan fingerprint density at radius 3 is 2.58 bits per heavy atom. The van der Waals surface area contributed by atoms with Gasteiger partial charge in [-0.25, -0.2) is 4.98 Å². The van der Waals surface area contributed by atoms with Gasteiger partial charge in [0.2, 0.25) is 11.6 Å². The van der Waals surface area contributed by atoms with Gasteiger partial charge < -0.3 is 5.32 Å². The molecule has 2 aromatic rings. The summed E-state index contributed by atoms with van der Waals surface area (Å²) in [5, 5.41) is 2.78. The summed E-state index contributed by atoms with van der Waals surface area (Å²) in [7, 11) is 0. The van der Waals surface area contributed by atoms with Crippen LogP contribution in [0.25, 0.3) is 11.0 Å². The first-order valence-corrected chi connectivity index (χ1v) is 7.72. The normalized spacial score (nSPS) is 15.8. The fourth-order valence-electron chi connectivity index (χ4n) is 3.02. The van der Waals surface area contributed by atoms with Crippen molar-refractivity contribution in [3.8, 4) is 0 Å². The lowest BCUT2D eigenvalue weighted by Gasteiger charge is -2.15. The molecule has 0 unspecified atom stereocenters. The number of hydrogen-bond acceptors (Lipinski definition) is 3. The Morgan fingerprint density at radius 1 is 1.25 bits per heavy atom. The standard InChI is InChI=1S/C16H16F3N3O2/c17-16(18,19)14-15(24)22(12-8-4-3-7-11(12)21-14)9-13(23)20-10-5-1-2-6-10/h3-4,7-8,10H,1-2,5-6,9H2,(H,20,23). The highest BCUT2D eigenvalue weighted by molar-refractivity contribution is 5.80. The van der Waals surface area contributed by atoms with Crippen molar-refractivity contribution >= 4 is 16.9 Å². The zero-order valence-electron chi connectivity index (χ0n) is 12.8. The first-order valence-electron chi connectivity index (χ1n) is 7.72. The zero-order chi connectivity index (χ0) is 17.3. The highest BCUT2D eigenvalue weighted by atomic mass is 19.4. The Morgan fingerprint density at radius 2 is 1.92 bits per heavy atom. The van der Waals surface area contributed by atoms with Crippen molar-refractivity contribution in [2.75, 3.05) is 0 Å². The molecule has 1 fully saturated rings. The summed E-state index contributed by atoms with van der Waals surface area (Å²) < 4.78 is 40.0. The number of carbonyl (C=O) groups excluding carboxylic acids is 1. The lowest BCUT2D eigenvalue weighted by Crippen LogP contribution is -2.39. The van der Waals surface area contributed by atoms with E-state index in [0.29, 0.717) is 0 Å². The van der Waals surface area contributed by atoms with Gasteiger partial charge in [-0.05, 0) is 25.0 Å². The SMILES string of the molecule is O=C(Cn1c(=O)c(C(F)(F)F)nc2ccccc21)NC1CCCC1. The summed E-state index contributed by atoms with van der Waals surface area (Å²) in [6.45, 7) is -0.457. The van der Waals surface area contributed by atoms with Gasteiger partial charge in [0.1, 0.15) is 6.54 Å². The van der Waals surface area contributed by atoms with Gasteiger partial charge in [0.05, 0.1) is 11.0 Å². The molecule has 1 heterocycles. The van der Waals surface area contributed by atoms with E-state index < -0.39 is 29.9 Å². The molecule has 1 amide bonds. The summed E-state index contributed by atoms with van der Waals surface area (Å²) in [6, 6.07) is 6.01. The number of aromatic nitrogens is 2. The lowest BCUT2D eigenvalue weighted by molar-refractivity contribution is -0.142. The summed E-state index contributed by atoms with van der Waals surface area (Å²) in [4.78, 5) is 27.8. The van der Waals surface area contributed by atoms with Crippen LogP contribution < -0.4 is 10.9 Å². The zero-order valence-corrected chi connectivity index (χ0v) is 12.8. The van der Waals surface area contributed by atoms with Gasteiger partial charge in [-0.2, -0.15) is 13.2 Å². The number of benzene rings is 1. The number of nitrogens with one attached hydrogen (secondary N) is 1. The Balaban J connectivity index is 2.00. The molecule has 0 spiro atoms. The molecule has 0 radical (unpaired) electrons. The van der Waals surface area contributed by atoms with Gasteiger partial charge >= 0.3 is 6.18 Å². The Kier molecular flexibility index (Phi) is 4.29. The molecule has 5 nitrogen and oxygen atoms in total. The Hall–Kier alpha value is -2.38. The second-order valence-electron chi connectivity index (χ2n) is 5.89. The van der Waals surface area contributed by atoms with Gasteiger partial charge in [-0.15, -0.1) is 0 Å². The fraction of sp³-hybridized carbons (Fsp3) is 0.438. The summed E-state index contributed by atoms with van der Waals surface area (Å²) >= 11 is 0. The minimum atomic E-state index is -4.87. The number of amides is 1. The first-order chi connectivity index (χ1) is 11.4. The number of rotatable bonds is 3. The van der Waals surface area contributed by atoms with E-state index in [2.05, 4.69) is 10.3 Å². The van der Waals surface area contributed by atoms with Crippen LogP contribution in [-0.4, -0.2) is 21.5 Å². The molecule has 0 bridgehead atoms. The molecule has 8 heteroatoms. The van der Waals surface area contributed by atoms with Crippen molar-refractivity contribution < 1.29 is 18.0 Å². The van der Waals surface area contributed by atoms with E-state index in [-0.39, 0.29) is 17.1 Å². The predicted molar refractivity (Wildman–Crippen MR) is 81.4 cm³/mol. The number of alkyl halides is 3. The molecule has 24 heavy (non-hydrogen) atoms. The molecule has 0 atom stereocenters. The smallest absolute Gasteiger partial charge is 0.352 e. The fourth-order valence-corrected chi connectivity index (χ4v) is 3.02. The summed E-state index contributed by atoms with van der Waals surface area (Å²) in [5.74, 6) is -0.464. The lowest BCUT2D eigenvalue weighted by atomic mass is 10.2. The highest BCUT2D eigenvalue weighted by Gasteiger charge is 2.37. The van der Waals surface area contributed by atoms with Gasteiger partial charge in [-0.1, -0.05) is 25.0 Å². The molecule has 1 N–H and O–H groups in total. The van der Waals surface area contributed by atoms with Crippen LogP contribution in [0.2, 0.25) is 0 Å². The van der Waals surface area contributed by atoms with Crippen LogP contribution in [0.1, 0.15) is 31.4 Å². The van der Waals surface area contributed by atoms with E-state index in [0.717, 1.165) is 30.3 Å². The molecule has 3 rings (SSSR count). The van der Waals surface area contributed by atoms with Crippen molar-refractivity contribution in [1.29, 1.82) is 0 Å². The quantitative estimate of drug-likeness (QED) is 0.934. The molecule has 1 aromatic heterocycles. The first kappa shape index (κ1) is 16.5. The average Bonchev–Trinajstić information content (AvgIpc) is 3.01. The monoisotopic (exact) mass is 339 g/mol.